The van der Waals surface area contributed by atoms with Crippen LogP contribution in [0.5, 0.6) is 0 Å². The SMILES string of the molecule is O=C(c1cn(C2CCCCCC2)nn1)N1CCCC(c2ccccc2)CC1. The first-order chi connectivity index (χ1) is 13.3. The van der Waals surface area contributed by atoms with Crippen LogP contribution in [0.15, 0.2) is 36.5 Å². The van der Waals surface area contributed by atoms with Gasteiger partial charge in [0.2, 0.25) is 0 Å². The number of benzene rings is 1. The highest BCUT2D eigenvalue weighted by molar-refractivity contribution is 5.91. The maximum atomic E-state index is 13.0. The highest BCUT2D eigenvalue weighted by Crippen LogP contribution is 2.29. The molecule has 2 aliphatic rings. The number of rotatable bonds is 3. The van der Waals surface area contributed by atoms with Crippen LogP contribution >= 0.6 is 0 Å². The molecule has 1 saturated carbocycles. The molecule has 1 atom stereocenters. The molecule has 2 fully saturated rings. The summed E-state index contributed by atoms with van der Waals surface area (Å²) in [5.74, 6) is 0.592. The fraction of sp³-hybridized carbons (Fsp3) is 0.591. The summed E-state index contributed by atoms with van der Waals surface area (Å²) < 4.78 is 1.95. The van der Waals surface area contributed by atoms with Gasteiger partial charge in [0.05, 0.1) is 12.2 Å². The first-order valence-electron chi connectivity index (χ1n) is 10.6. The van der Waals surface area contributed by atoms with Gasteiger partial charge in [0.15, 0.2) is 5.69 Å². The summed E-state index contributed by atoms with van der Waals surface area (Å²) in [5, 5.41) is 8.53. The molecule has 5 heteroatoms. The zero-order valence-electron chi connectivity index (χ0n) is 16.1. The zero-order chi connectivity index (χ0) is 18.5. The van der Waals surface area contributed by atoms with E-state index >= 15 is 0 Å². The van der Waals surface area contributed by atoms with Crippen molar-refractivity contribution >= 4 is 5.91 Å². The van der Waals surface area contributed by atoms with E-state index in [0.717, 1.165) is 45.2 Å². The van der Waals surface area contributed by atoms with Gasteiger partial charge < -0.3 is 4.90 Å². The zero-order valence-corrected chi connectivity index (χ0v) is 16.1. The lowest BCUT2D eigenvalue weighted by Crippen LogP contribution is -2.32. The van der Waals surface area contributed by atoms with Crippen LogP contribution in [0.25, 0.3) is 0 Å². The third kappa shape index (κ3) is 4.40. The second-order valence-corrected chi connectivity index (χ2v) is 8.06. The van der Waals surface area contributed by atoms with Crippen LogP contribution in [0.4, 0.5) is 0 Å². The van der Waals surface area contributed by atoms with Crippen molar-refractivity contribution in [2.24, 2.45) is 0 Å². The Balaban J connectivity index is 1.39. The van der Waals surface area contributed by atoms with Crippen molar-refractivity contribution in [1.82, 2.24) is 19.9 Å². The lowest BCUT2D eigenvalue weighted by atomic mass is 9.92. The smallest absolute Gasteiger partial charge is 0.276 e. The third-order valence-electron chi connectivity index (χ3n) is 6.21. The van der Waals surface area contributed by atoms with E-state index in [1.165, 1.54) is 31.2 Å². The number of hydrogen-bond acceptors (Lipinski definition) is 3. The molecule has 2 aromatic rings. The number of carbonyl (C=O) groups is 1. The van der Waals surface area contributed by atoms with Crippen LogP contribution in [-0.4, -0.2) is 38.9 Å². The Hall–Kier alpha value is -2.17. The Labute approximate surface area is 161 Å². The van der Waals surface area contributed by atoms with Crippen molar-refractivity contribution < 1.29 is 4.79 Å². The predicted molar refractivity (Wildman–Crippen MR) is 106 cm³/mol. The van der Waals surface area contributed by atoms with Crippen LogP contribution in [0.3, 0.4) is 0 Å². The molecule has 1 saturated heterocycles. The summed E-state index contributed by atoms with van der Waals surface area (Å²) in [7, 11) is 0. The van der Waals surface area contributed by atoms with Crippen molar-refractivity contribution in [3.05, 3.63) is 47.8 Å². The largest absolute Gasteiger partial charge is 0.337 e. The topological polar surface area (TPSA) is 51.0 Å². The molecular weight excluding hydrogens is 336 g/mol. The van der Waals surface area contributed by atoms with Crippen molar-refractivity contribution in [3.63, 3.8) is 0 Å². The van der Waals surface area contributed by atoms with Crippen LogP contribution in [0.1, 0.15) is 85.8 Å². The van der Waals surface area contributed by atoms with Gasteiger partial charge in [0, 0.05) is 13.1 Å². The quantitative estimate of drug-likeness (QED) is 0.747. The molecule has 1 aromatic carbocycles. The van der Waals surface area contributed by atoms with Crippen molar-refractivity contribution in [2.75, 3.05) is 13.1 Å². The van der Waals surface area contributed by atoms with E-state index in [1.807, 2.05) is 15.8 Å². The minimum atomic E-state index is 0.0450. The second kappa shape index (κ2) is 8.68. The van der Waals surface area contributed by atoms with Gasteiger partial charge >= 0.3 is 0 Å². The van der Waals surface area contributed by atoms with Crippen LogP contribution in [-0.2, 0) is 0 Å². The van der Waals surface area contributed by atoms with Crippen molar-refractivity contribution in [2.45, 2.75) is 69.7 Å². The summed E-state index contributed by atoms with van der Waals surface area (Å²) >= 11 is 0. The second-order valence-electron chi connectivity index (χ2n) is 8.06. The van der Waals surface area contributed by atoms with E-state index in [4.69, 9.17) is 0 Å². The van der Waals surface area contributed by atoms with Gasteiger partial charge in [-0.15, -0.1) is 5.10 Å². The lowest BCUT2D eigenvalue weighted by Gasteiger charge is -2.19. The Morgan fingerprint density at radius 1 is 0.889 bits per heavy atom. The molecule has 0 bridgehead atoms. The van der Waals surface area contributed by atoms with Gasteiger partial charge in [0.25, 0.3) is 5.91 Å². The van der Waals surface area contributed by atoms with E-state index in [2.05, 4.69) is 40.6 Å². The van der Waals surface area contributed by atoms with Gasteiger partial charge in [-0.25, -0.2) is 4.68 Å². The van der Waals surface area contributed by atoms with Crippen molar-refractivity contribution in [1.29, 1.82) is 0 Å². The fourth-order valence-corrected chi connectivity index (χ4v) is 4.60. The first kappa shape index (κ1) is 18.2. The summed E-state index contributed by atoms with van der Waals surface area (Å²) in [5.41, 5.74) is 1.91. The van der Waals surface area contributed by atoms with E-state index in [1.54, 1.807) is 0 Å². The fourth-order valence-electron chi connectivity index (χ4n) is 4.60. The molecule has 144 valence electrons. The molecular formula is C22H30N4O. The van der Waals surface area contributed by atoms with Gasteiger partial charge in [-0.1, -0.05) is 61.2 Å². The summed E-state index contributed by atoms with van der Waals surface area (Å²) in [4.78, 5) is 14.9. The number of carbonyl (C=O) groups excluding carboxylic acids is 1. The molecule has 0 spiro atoms. The van der Waals surface area contributed by atoms with Crippen LogP contribution < -0.4 is 0 Å². The first-order valence-corrected chi connectivity index (χ1v) is 10.6. The standard InChI is InChI=1S/C22H30N4O/c27-22(21-17-26(24-23-21)20-12-6-1-2-7-13-20)25-15-8-11-19(14-16-25)18-9-4-3-5-10-18/h3-5,9-10,17,19-20H,1-2,6-8,11-16H2. The highest BCUT2D eigenvalue weighted by atomic mass is 16.2. The molecule has 1 aliphatic carbocycles. The van der Waals surface area contributed by atoms with E-state index in [9.17, 15) is 4.79 Å². The van der Waals surface area contributed by atoms with Gasteiger partial charge in [0.1, 0.15) is 0 Å². The average molecular weight is 367 g/mol. The Morgan fingerprint density at radius 3 is 2.44 bits per heavy atom. The normalized spacial score (nSPS) is 22.2. The Morgan fingerprint density at radius 2 is 1.67 bits per heavy atom. The third-order valence-corrected chi connectivity index (χ3v) is 6.21. The molecule has 0 radical (unpaired) electrons. The maximum absolute atomic E-state index is 13.0. The lowest BCUT2D eigenvalue weighted by molar-refractivity contribution is 0.0755. The number of likely N-dealkylation sites (tertiary alicyclic amines) is 1. The summed E-state index contributed by atoms with van der Waals surface area (Å²) in [6.07, 6.45) is 12.5. The van der Waals surface area contributed by atoms with E-state index in [0.29, 0.717) is 17.7 Å². The molecule has 4 rings (SSSR count). The molecule has 5 nitrogen and oxygen atoms in total. The molecule has 1 unspecified atom stereocenters. The molecule has 1 amide bonds. The monoisotopic (exact) mass is 366 g/mol. The van der Waals surface area contributed by atoms with Gasteiger partial charge in [-0.3, -0.25) is 4.79 Å². The predicted octanol–water partition coefficient (Wildman–Crippen LogP) is 4.58. The molecule has 0 N–H and O–H groups in total. The number of aromatic nitrogens is 3. The van der Waals surface area contributed by atoms with Gasteiger partial charge in [-0.05, 0) is 43.6 Å². The van der Waals surface area contributed by atoms with E-state index < -0.39 is 0 Å². The minimum absolute atomic E-state index is 0.0450. The minimum Gasteiger partial charge on any atom is -0.337 e. The summed E-state index contributed by atoms with van der Waals surface area (Å²) in [6, 6.07) is 11.1. The molecule has 1 aliphatic heterocycles. The highest BCUT2D eigenvalue weighted by Gasteiger charge is 2.25. The number of nitrogens with zero attached hydrogens (tertiary/aromatic N) is 4. The van der Waals surface area contributed by atoms with Gasteiger partial charge in [-0.2, -0.15) is 0 Å². The Kier molecular flexibility index (Phi) is 5.85. The van der Waals surface area contributed by atoms with Crippen LogP contribution in [0, 0.1) is 0 Å². The molecule has 27 heavy (non-hydrogen) atoms. The molecule has 2 heterocycles. The molecule has 1 aromatic heterocycles. The maximum Gasteiger partial charge on any atom is 0.276 e. The Bertz CT molecular complexity index is 734. The van der Waals surface area contributed by atoms with E-state index in [-0.39, 0.29) is 5.91 Å². The summed E-state index contributed by atoms with van der Waals surface area (Å²) in [6.45, 7) is 1.62. The number of amides is 1. The number of hydrogen-bond donors (Lipinski definition) is 0. The van der Waals surface area contributed by atoms with Crippen LogP contribution in [0.2, 0.25) is 0 Å². The average Bonchev–Trinajstić information content (AvgIpc) is 2.90. The van der Waals surface area contributed by atoms with Crippen molar-refractivity contribution in [3.8, 4) is 0 Å².